The van der Waals surface area contributed by atoms with Gasteiger partial charge in [-0.3, -0.25) is 19.3 Å². The van der Waals surface area contributed by atoms with Gasteiger partial charge in [0.25, 0.3) is 15.9 Å². The van der Waals surface area contributed by atoms with Crippen molar-refractivity contribution in [3.8, 4) is 34.8 Å². The van der Waals surface area contributed by atoms with Gasteiger partial charge in [0.05, 0.1) is 24.0 Å². The number of benzene rings is 3. The van der Waals surface area contributed by atoms with Crippen LogP contribution in [0.5, 0.6) is 11.5 Å². The molecule has 0 bridgehead atoms. The molecule has 2 heterocycles. The molecule has 1 saturated heterocycles. The van der Waals surface area contributed by atoms with Crippen molar-refractivity contribution in [2.75, 3.05) is 25.5 Å². The van der Waals surface area contributed by atoms with Crippen LogP contribution in [0.15, 0.2) is 96.4 Å². The normalized spacial score (nSPS) is 19.0. The number of methoxy groups -OCH3 is 1. The Labute approximate surface area is 380 Å². The van der Waals surface area contributed by atoms with Crippen molar-refractivity contribution in [3.05, 3.63) is 91.5 Å². The Morgan fingerprint density at radius 1 is 0.969 bits per heavy atom. The zero-order valence-electron chi connectivity index (χ0n) is 37.2. The van der Waals surface area contributed by atoms with Crippen molar-refractivity contribution in [3.63, 3.8) is 0 Å². The number of carboxylic acid groups (broad SMARTS) is 1. The number of pyridine rings is 1. The Morgan fingerprint density at radius 3 is 2.37 bits per heavy atom. The van der Waals surface area contributed by atoms with Gasteiger partial charge in [-0.15, -0.1) is 6.58 Å². The van der Waals surface area contributed by atoms with Crippen LogP contribution in [0.3, 0.4) is 0 Å². The minimum absolute atomic E-state index is 0.0158. The number of anilines is 1. The van der Waals surface area contributed by atoms with Gasteiger partial charge in [0.2, 0.25) is 5.91 Å². The zero-order chi connectivity index (χ0) is 46.8. The molecule has 65 heavy (non-hydrogen) atoms. The maximum Gasteiger partial charge on any atom is 0.411 e. The lowest BCUT2D eigenvalue weighted by molar-refractivity contribution is -0.137. The predicted octanol–water partition coefficient (Wildman–Crippen LogP) is 7.67. The van der Waals surface area contributed by atoms with E-state index in [2.05, 4.69) is 34.0 Å². The number of carbonyl (C=O) groups is 4. The van der Waals surface area contributed by atoms with Crippen LogP contribution in [0.1, 0.15) is 78.6 Å². The lowest BCUT2D eigenvalue weighted by Gasteiger charge is -2.29. The number of fused-ring (bicyclic) bond motifs is 1. The van der Waals surface area contributed by atoms with Gasteiger partial charge < -0.3 is 30.0 Å². The molecule has 344 valence electrons. The molecule has 6 rings (SSSR count). The summed E-state index contributed by atoms with van der Waals surface area (Å²) in [5.74, 6) is 0.599. The Morgan fingerprint density at radius 2 is 1.68 bits per heavy atom. The highest BCUT2D eigenvalue weighted by atomic mass is 32.2. The summed E-state index contributed by atoms with van der Waals surface area (Å²) in [7, 11) is -2.85. The zero-order valence-corrected chi connectivity index (χ0v) is 38.0. The second-order valence-corrected chi connectivity index (χ2v) is 19.0. The highest BCUT2D eigenvalue weighted by Crippen LogP contribution is 2.45. The molecule has 3 aromatic carbocycles. The monoisotopic (exact) mass is 907 g/mol. The summed E-state index contributed by atoms with van der Waals surface area (Å²) in [6.07, 6.45) is 8.80. The molecular formula is C49H57N5O10S. The maximum absolute atomic E-state index is 14.3. The lowest BCUT2D eigenvalue weighted by atomic mass is 10.1. The first-order valence-electron chi connectivity index (χ1n) is 21.8. The first-order valence-corrected chi connectivity index (χ1v) is 23.3. The second-order valence-electron chi connectivity index (χ2n) is 17.3. The fourth-order valence-corrected chi connectivity index (χ4v) is 9.03. The van der Waals surface area contributed by atoms with Crippen LogP contribution in [0.4, 0.5) is 10.5 Å². The van der Waals surface area contributed by atoms with E-state index in [0.717, 1.165) is 37.7 Å². The van der Waals surface area contributed by atoms with E-state index in [1.54, 1.807) is 64.3 Å². The van der Waals surface area contributed by atoms with Crippen molar-refractivity contribution < 1.29 is 46.9 Å². The molecule has 2 fully saturated rings. The van der Waals surface area contributed by atoms with Crippen molar-refractivity contribution in [1.82, 2.24) is 19.9 Å². The van der Waals surface area contributed by atoms with E-state index >= 15 is 0 Å². The summed E-state index contributed by atoms with van der Waals surface area (Å²) in [6, 6.07) is 21.9. The van der Waals surface area contributed by atoms with Gasteiger partial charge in [0.15, 0.2) is 5.75 Å². The largest absolute Gasteiger partial charge is 0.497 e. The average Bonchev–Trinajstić information content (AvgIpc) is 3.82. The minimum atomic E-state index is -4.43. The molecule has 4 aromatic rings. The first kappa shape index (κ1) is 47.9. The summed E-state index contributed by atoms with van der Waals surface area (Å²) >= 11 is 0. The molecule has 15 nitrogen and oxygen atoms in total. The number of nitrogens with one attached hydrogen (secondary N) is 3. The van der Waals surface area contributed by atoms with E-state index in [0.29, 0.717) is 46.7 Å². The van der Waals surface area contributed by atoms with Crippen molar-refractivity contribution in [1.29, 1.82) is 0 Å². The van der Waals surface area contributed by atoms with Crippen LogP contribution >= 0.6 is 0 Å². The number of carbonyl (C=O) groups excluding carboxylic acids is 3. The number of hydrogen-bond acceptors (Lipinski definition) is 11. The molecular weight excluding hydrogens is 851 g/mol. The van der Waals surface area contributed by atoms with E-state index in [1.807, 2.05) is 36.4 Å². The van der Waals surface area contributed by atoms with Crippen LogP contribution in [-0.2, 0) is 29.1 Å². The lowest BCUT2D eigenvalue weighted by Crippen LogP contribution is -2.56. The van der Waals surface area contributed by atoms with E-state index in [4.69, 9.17) is 24.3 Å². The molecule has 0 radical (unpaired) electrons. The molecule has 16 heteroatoms. The second kappa shape index (κ2) is 20.9. The molecule has 4 atom stereocenters. The van der Waals surface area contributed by atoms with Crippen LogP contribution < -0.4 is 24.8 Å². The highest BCUT2D eigenvalue weighted by molar-refractivity contribution is 7.90. The van der Waals surface area contributed by atoms with Crippen LogP contribution in [0.25, 0.3) is 22.2 Å². The number of unbranched alkanes of at least 4 members (excludes halogenated alkanes) is 5. The van der Waals surface area contributed by atoms with Crippen molar-refractivity contribution >= 4 is 50.5 Å². The Hall–Kier alpha value is -6.60. The minimum Gasteiger partial charge on any atom is -0.497 e. The number of nitrogens with zero attached hydrogens (tertiary/aromatic N) is 2. The van der Waals surface area contributed by atoms with Crippen LogP contribution in [0.2, 0.25) is 0 Å². The third-order valence-corrected chi connectivity index (χ3v) is 12.7. The molecule has 3 amide bonds. The van der Waals surface area contributed by atoms with Crippen molar-refractivity contribution in [2.24, 2.45) is 11.8 Å². The fraction of sp³-hybridized carbons (Fsp3) is 0.408. The number of ether oxygens (including phenoxy) is 3. The van der Waals surface area contributed by atoms with Crippen LogP contribution in [-0.4, -0.2) is 84.7 Å². The molecule has 2 aliphatic rings. The Kier molecular flexibility index (Phi) is 15.4. The quantitative estimate of drug-likeness (QED) is 0.0407. The van der Waals surface area contributed by atoms with Gasteiger partial charge in [-0.2, -0.15) is 0 Å². The predicted molar refractivity (Wildman–Crippen MR) is 246 cm³/mol. The molecule has 4 N–H and O–H groups in total. The number of aromatic nitrogens is 1. The standard InChI is InChI=1S/C49H57N5O10S/c1-6-35-31-49(35,46(58)53-65(60,61)43-21-16-15-20-38(43)50-26-17-10-8-7-9-14-22-44(55)56)52-45(57)41-28-33(32-54(41)47(59)64-48(2,3)4)25-27-63-42-30-39(34-18-12-11-13-19-34)51-40-29-36(62-5)23-24-37(40)42/h6,11-13,15-16,18-21,23-24,29-30,33,35,41,50H,1,7-10,14,17,22,26,28,31-32H2,2-5H3,(H,52,57)(H,53,58)(H,55,56)/t33?,35-,41+,49-/m1/s1. The van der Waals surface area contributed by atoms with Gasteiger partial charge in [-0.1, -0.05) is 80.1 Å². The number of para-hydroxylation sites is 1. The van der Waals surface area contributed by atoms with Crippen LogP contribution in [0, 0.1) is 23.9 Å². The summed E-state index contributed by atoms with van der Waals surface area (Å²) in [4.78, 5) is 58.6. The maximum atomic E-state index is 14.3. The molecule has 1 aliphatic heterocycles. The van der Waals surface area contributed by atoms with E-state index in [-0.39, 0.29) is 30.7 Å². The Bertz CT molecular complexity index is 2570. The molecule has 1 aliphatic carbocycles. The number of carboxylic acids is 1. The molecule has 1 saturated carbocycles. The summed E-state index contributed by atoms with van der Waals surface area (Å²) in [6.45, 7) is 9.44. The Balaban J connectivity index is 1.15. The summed E-state index contributed by atoms with van der Waals surface area (Å²) in [5, 5.41) is 15.5. The van der Waals surface area contributed by atoms with E-state index in [1.165, 1.54) is 17.0 Å². The number of amides is 3. The fourth-order valence-electron chi connectivity index (χ4n) is 7.81. The van der Waals surface area contributed by atoms with Gasteiger partial charge in [0, 0.05) is 54.4 Å². The van der Waals surface area contributed by atoms with Gasteiger partial charge in [0.1, 0.15) is 33.9 Å². The molecule has 0 spiro atoms. The number of likely N-dealkylation sites (tertiary alicyclic amines) is 1. The average molecular weight is 908 g/mol. The number of rotatable bonds is 19. The summed E-state index contributed by atoms with van der Waals surface area (Å²) in [5.41, 5.74) is -0.0592. The van der Waals surface area contributed by atoms with Gasteiger partial charge in [-0.05, 0) is 70.7 Å². The summed E-state index contributed by atoms with van der Waals surface area (Å²) < 4.78 is 47.0. The van der Waals surface area contributed by atoms with E-state index < -0.39 is 62.9 Å². The van der Waals surface area contributed by atoms with E-state index in [9.17, 15) is 27.6 Å². The van der Waals surface area contributed by atoms with Gasteiger partial charge >= 0.3 is 12.1 Å². The number of sulfonamides is 1. The third kappa shape index (κ3) is 12.4. The SMILES string of the molecule is C=C[C@@H]1C[C@]1(NC(=O)[C@@H]1CC(C#COc2cc(-c3ccccc3)nc3cc(OC)ccc23)CN1C(=O)OC(C)(C)C)C(=O)NS(=O)(=O)c1ccccc1NCCCCCCCCC(=O)O. The third-order valence-electron chi connectivity index (χ3n) is 11.3. The first-order chi connectivity index (χ1) is 31.0. The molecule has 1 unspecified atom stereocenters. The molecule has 1 aromatic heterocycles. The van der Waals surface area contributed by atoms with Crippen molar-refractivity contribution in [2.45, 2.75) is 101 Å². The topological polar surface area (TPSA) is 203 Å². The highest BCUT2D eigenvalue weighted by Gasteiger charge is 2.61. The van der Waals surface area contributed by atoms with Gasteiger partial charge in [-0.25, -0.2) is 22.9 Å². The number of aliphatic carboxylic acids is 1. The number of hydrogen-bond donors (Lipinski definition) is 4. The smallest absolute Gasteiger partial charge is 0.411 e.